The Hall–Kier alpha value is -3.43. The molecule has 0 aliphatic rings. The van der Waals surface area contributed by atoms with Crippen molar-refractivity contribution in [2.24, 2.45) is 0 Å². The quantitative estimate of drug-likeness (QED) is 0.314. The van der Waals surface area contributed by atoms with Crippen molar-refractivity contribution in [3.8, 4) is 0 Å². The molecule has 10 heteroatoms. The number of halogens is 2. The number of carbonyl (C=O) groups excluding carboxylic acids is 2. The predicted octanol–water partition coefficient (Wildman–Crippen LogP) is 5.40. The van der Waals surface area contributed by atoms with E-state index in [0.29, 0.717) is 29.1 Å². The van der Waals surface area contributed by atoms with Crippen LogP contribution in [-0.2, 0) is 26.2 Å². The fourth-order valence-corrected chi connectivity index (χ4v) is 5.54. The van der Waals surface area contributed by atoms with E-state index in [1.54, 1.807) is 37.3 Å². The van der Waals surface area contributed by atoms with Crippen molar-refractivity contribution in [3.05, 3.63) is 95.3 Å². The topological polar surface area (TPSA) is 86.8 Å². The van der Waals surface area contributed by atoms with E-state index in [1.165, 1.54) is 53.4 Å². The highest BCUT2D eigenvalue weighted by Crippen LogP contribution is 2.25. The molecular weight excluding hydrogens is 541 g/mol. The number of carbonyl (C=O) groups is 2. The monoisotopic (exact) mass is 573 g/mol. The van der Waals surface area contributed by atoms with Crippen LogP contribution in [0.15, 0.2) is 83.8 Å². The third-order valence-electron chi connectivity index (χ3n) is 6.38. The first-order valence-corrected chi connectivity index (χ1v) is 14.6. The summed E-state index contributed by atoms with van der Waals surface area (Å²) in [5, 5.41) is 3.29. The van der Waals surface area contributed by atoms with E-state index in [-0.39, 0.29) is 23.4 Å². The van der Waals surface area contributed by atoms with Crippen molar-refractivity contribution in [3.63, 3.8) is 0 Å². The minimum Gasteiger partial charge on any atom is -0.352 e. The minimum absolute atomic E-state index is 0.00479. The summed E-state index contributed by atoms with van der Waals surface area (Å²) in [6.07, 6.45) is 1.000. The van der Waals surface area contributed by atoms with Crippen LogP contribution in [0, 0.1) is 5.82 Å². The Bertz CT molecular complexity index is 1350. The van der Waals surface area contributed by atoms with Crippen molar-refractivity contribution < 1.29 is 22.4 Å². The number of para-hydroxylation sites is 1. The van der Waals surface area contributed by atoms with Gasteiger partial charge in [0.1, 0.15) is 18.4 Å². The first kappa shape index (κ1) is 30.1. The zero-order chi connectivity index (χ0) is 28.6. The average molecular weight is 574 g/mol. The van der Waals surface area contributed by atoms with Crippen LogP contribution >= 0.6 is 11.6 Å². The molecule has 0 bridgehead atoms. The lowest BCUT2D eigenvalue weighted by Gasteiger charge is -2.33. The average Bonchev–Trinajstić information content (AvgIpc) is 2.93. The van der Waals surface area contributed by atoms with Crippen LogP contribution in [0.3, 0.4) is 0 Å². The molecule has 3 aromatic carbocycles. The largest absolute Gasteiger partial charge is 0.352 e. The molecule has 0 aliphatic carbocycles. The van der Waals surface area contributed by atoms with Gasteiger partial charge in [-0.25, -0.2) is 12.8 Å². The Labute approximate surface area is 234 Å². The molecule has 0 radical (unpaired) electrons. The van der Waals surface area contributed by atoms with Crippen LogP contribution in [0.25, 0.3) is 0 Å². The molecule has 2 atom stereocenters. The molecule has 3 aromatic rings. The zero-order valence-corrected chi connectivity index (χ0v) is 23.8. The van der Waals surface area contributed by atoms with Gasteiger partial charge in [0.25, 0.3) is 10.0 Å². The van der Waals surface area contributed by atoms with E-state index in [9.17, 15) is 22.4 Å². The van der Waals surface area contributed by atoms with Crippen LogP contribution in [0.4, 0.5) is 10.1 Å². The normalized spacial score (nSPS) is 12.8. The van der Waals surface area contributed by atoms with Crippen LogP contribution in [0.2, 0.25) is 5.02 Å². The maximum atomic E-state index is 13.9. The summed E-state index contributed by atoms with van der Waals surface area (Å²) in [5.41, 5.74) is 0.894. The van der Waals surface area contributed by atoms with E-state index in [2.05, 4.69) is 5.32 Å². The molecule has 208 valence electrons. The van der Waals surface area contributed by atoms with Crippen molar-refractivity contribution in [1.82, 2.24) is 10.2 Å². The first-order valence-electron chi connectivity index (χ1n) is 12.7. The minimum atomic E-state index is -4.18. The molecule has 0 saturated carbocycles. The van der Waals surface area contributed by atoms with Crippen LogP contribution in [0.1, 0.15) is 39.2 Å². The van der Waals surface area contributed by atoms with Crippen LogP contribution in [0.5, 0.6) is 0 Å². The third-order valence-corrected chi connectivity index (χ3v) is 8.42. The molecule has 7 nitrogen and oxygen atoms in total. The summed E-state index contributed by atoms with van der Waals surface area (Å²) in [7, 11) is -4.18. The Balaban J connectivity index is 2.02. The number of amides is 2. The van der Waals surface area contributed by atoms with E-state index < -0.39 is 34.3 Å². The molecule has 1 N–H and O–H groups in total. The van der Waals surface area contributed by atoms with Gasteiger partial charge in [-0.2, -0.15) is 0 Å². The van der Waals surface area contributed by atoms with Gasteiger partial charge in [-0.1, -0.05) is 55.8 Å². The molecule has 0 spiro atoms. The maximum Gasteiger partial charge on any atom is 0.264 e. The lowest BCUT2D eigenvalue weighted by molar-refractivity contribution is -0.140. The molecule has 0 aromatic heterocycles. The van der Waals surface area contributed by atoms with Crippen molar-refractivity contribution in [1.29, 1.82) is 0 Å². The Morgan fingerprint density at radius 3 is 2.10 bits per heavy atom. The summed E-state index contributed by atoms with van der Waals surface area (Å²) >= 11 is 5.97. The first-order chi connectivity index (χ1) is 18.6. The number of nitrogens with one attached hydrogen (secondary N) is 1. The summed E-state index contributed by atoms with van der Waals surface area (Å²) in [6.45, 7) is 5.03. The maximum absolute atomic E-state index is 13.9. The SMILES string of the molecule is CC[C@H](C(=O)N[C@@H](C)CC)N(Cc1ccc(F)cc1)C(=O)CN(c1ccccc1)S(=O)(=O)c1ccc(Cl)cc1. The van der Waals surface area contributed by atoms with E-state index in [1.807, 2.05) is 13.8 Å². The number of anilines is 1. The van der Waals surface area contributed by atoms with Crippen molar-refractivity contribution in [2.45, 2.75) is 57.1 Å². The van der Waals surface area contributed by atoms with E-state index >= 15 is 0 Å². The molecule has 0 unspecified atom stereocenters. The van der Waals surface area contributed by atoms with Crippen molar-refractivity contribution in [2.75, 3.05) is 10.8 Å². The fourth-order valence-electron chi connectivity index (χ4n) is 4.00. The highest BCUT2D eigenvalue weighted by Gasteiger charge is 2.33. The Kier molecular flexibility index (Phi) is 10.5. The fraction of sp³-hybridized carbons (Fsp3) is 0.310. The van der Waals surface area contributed by atoms with Gasteiger partial charge < -0.3 is 10.2 Å². The number of rotatable bonds is 12. The predicted molar refractivity (Wildman–Crippen MR) is 151 cm³/mol. The Morgan fingerprint density at radius 2 is 1.54 bits per heavy atom. The van der Waals surface area contributed by atoms with Gasteiger partial charge in [0.15, 0.2) is 0 Å². The Morgan fingerprint density at radius 1 is 0.923 bits per heavy atom. The smallest absolute Gasteiger partial charge is 0.264 e. The van der Waals surface area contributed by atoms with Gasteiger partial charge >= 0.3 is 0 Å². The summed E-state index contributed by atoms with van der Waals surface area (Å²) in [5.74, 6) is -1.34. The second kappa shape index (κ2) is 13.6. The lowest BCUT2D eigenvalue weighted by atomic mass is 10.1. The van der Waals surface area contributed by atoms with E-state index in [4.69, 9.17) is 11.6 Å². The molecule has 39 heavy (non-hydrogen) atoms. The molecule has 0 fully saturated rings. The highest BCUT2D eigenvalue weighted by atomic mass is 35.5. The molecule has 3 rings (SSSR count). The summed E-state index contributed by atoms with van der Waals surface area (Å²) in [4.78, 5) is 28.5. The van der Waals surface area contributed by atoms with Gasteiger partial charge in [-0.05, 0) is 73.9 Å². The molecule has 0 saturated heterocycles. The number of hydrogen-bond acceptors (Lipinski definition) is 4. The zero-order valence-electron chi connectivity index (χ0n) is 22.2. The number of benzene rings is 3. The van der Waals surface area contributed by atoms with Crippen molar-refractivity contribution >= 4 is 39.1 Å². The van der Waals surface area contributed by atoms with Gasteiger partial charge in [0, 0.05) is 17.6 Å². The van der Waals surface area contributed by atoms with Gasteiger partial charge in [-0.15, -0.1) is 0 Å². The highest BCUT2D eigenvalue weighted by molar-refractivity contribution is 7.92. The standard InChI is InChI=1S/C29H33ClFN3O4S/c1-4-21(3)32-29(36)27(5-2)33(19-22-11-15-24(31)16-12-22)28(35)20-34(25-9-7-6-8-10-25)39(37,38)26-17-13-23(30)14-18-26/h6-18,21,27H,4-5,19-20H2,1-3H3,(H,32,36)/t21-,27+/m0/s1. The number of nitrogens with zero attached hydrogens (tertiary/aromatic N) is 2. The van der Waals surface area contributed by atoms with Gasteiger partial charge in [-0.3, -0.25) is 13.9 Å². The van der Waals surface area contributed by atoms with Crippen LogP contribution < -0.4 is 9.62 Å². The second-order valence-corrected chi connectivity index (χ2v) is 11.5. The third kappa shape index (κ3) is 7.80. The molecule has 2 amide bonds. The van der Waals surface area contributed by atoms with Gasteiger partial charge in [0.2, 0.25) is 11.8 Å². The van der Waals surface area contributed by atoms with Crippen LogP contribution in [-0.4, -0.2) is 43.8 Å². The molecular formula is C29H33ClFN3O4S. The number of sulfonamides is 1. The summed E-state index contributed by atoms with van der Waals surface area (Å²) < 4.78 is 42.1. The lowest BCUT2D eigenvalue weighted by Crippen LogP contribution is -2.53. The van der Waals surface area contributed by atoms with E-state index in [0.717, 1.165) is 4.31 Å². The molecule has 0 aliphatic heterocycles. The van der Waals surface area contributed by atoms with Gasteiger partial charge in [0.05, 0.1) is 10.6 Å². The molecule has 0 heterocycles. The number of hydrogen-bond donors (Lipinski definition) is 1. The summed E-state index contributed by atoms with van der Waals surface area (Å²) in [6, 6.07) is 18.6. The second-order valence-electron chi connectivity index (χ2n) is 9.19.